The van der Waals surface area contributed by atoms with E-state index < -0.39 is 0 Å². The van der Waals surface area contributed by atoms with Gasteiger partial charge in [-0.2, -0.15) is 5.10 Å². The van der Waals surface area contributed by atoms with Crippen molar-refractivity contribution < 1.29 is 4.79 Å². The van der Waals surface area contributed by atoms with Gasteiger partial charge in [-0.25, -0.2) is 0 Å². The molecule has 0 aliphatic carbocycles. The molecule has 27 heavy (non-hydrogen) atoms. The van der Waals surface area contributed by atoms with Crippen molar-refractivity contribution >= 4 is 5.91 Å². The van der Waals surface area contributed by atoms with Crippen LogP contribution in [0.4, 0.5) is 0 Å². The lowest BCUT2D eigenvalue weighted by molar-refractivity contribution is -0.136. The van der Waals surface area contributed by atoms with E-state index in [2.05, 4.69) is 45.2 Å². The number of aryl methyl sites for hydroxylation is 2. The summed E-state index contributed by atoms with van der Waals surface area (Å²) in [6, 6.07) is 13.7. The van der Waals surface area contributed by atoms with Gasteiger partial charge in [-0.15, -0.1) is 0 Å². The van der Waals surface area contributed by atoms with E-state index in [9.17, 15) is 4.79 Å². The number of hydrogen-bond donors (Lipinski definition) is 0. The maximum Gasteiger partial charge on any atom is 0.224 e. The molecule has 3 atom stereocenters. The minimum absolute atomic E-state index is 0.298. The van der Waals surface area contributed by atoms with Gasteiger partial charge in [0.25, 0.3) is 0 Å². The Kier molecular flexibility index (Phi) is 4.27. The predicted molar refractivity (Wildman–Crippen MR) is 104 cm³/mol. The molecule has 6 rings (SSSR count). The van der Waals surface area contributed by atoms with Crippen LogP contribution in [0.25, 0.3) is 0 Å². The van der Waals surface area contributed by atoms with E-state index in [0.29, 0.717) is 42.8 Å². The van der Waals surface area contributed by atoms with Gasteiger partial charge >= 0.3 is 0 Å². The van der Waals surface area contributed by atoms with E-state index >= 15 is 0 Å². The minimum Gasteiger partial charge on any atom is -0.337 e. The van der Waals surface area contributed by atoms with Crippen molar-refractivity contribution in [1.82, 2.24) is 19.6 Å². The van der Waals surface area contributed by atoms with Gasteiger partial charge in [-0.05, 0) is 50.4 Å². The summed E-state index contributed by atoms with van der Waals surface area (Å²) in [4.78, 5) is 18.1. The molecule has 2 aromatic rings. The number of amides is 1. The standard InChI is InChI=1S/C22H28N4O/c1-16-7-11-23-26(16)14-10-20(27)25-15-19(17-5-3-2-4-6-17)22-21(25)18-8-12-24(22)13-9-18/h2-7,11,18-19,21-22H,8-10,12-15H2,1H3/t19-,21-,22-/m1/s1. The highest BCUT2D eigenvalue weighted by atomic mass is 16.2. The summed E-state index contributed by atoms with van der Waals surface area (Å²) in [5.74, 6) is 1.41. The molecule has 0 N–H and O–H groups in total. The van der Waals surface area contributed by atoms with E-state index in [1.807, 2.05) is 23.9 Å². The highest BCUT2D eigenvalue weighted by Crippen LogP contribution is 2.46. The molecule has 0 spiro atoms. The molecule has 1 aromatic heterocycles. The molecule has 5 heterocycles. The van der Waals surface area contributed by atoms with Gasteiger partial charge in [-0.3, -0.25) is 14.4 Å². The van der Waals surface area contributed by atoms with Crippen LogP contribution in [0.15, 0.2) is 42.6 Å². The Labute approximate surface area is 161 Å². The molecule has 142 valence electrons. The first-order valence-corrected chi connectivity index (χ1v) is 10.3. The van der Waals surface area contributed by atoms with Crippen LogP contribution < -0.4 is 0 Å². The number of piperidine rings is 3. The Bertz CT molecular complexity index is 809. The Morgan fingerprint density at radius 1 is 1.11 bits per heavy atom. The summed E-state index contributed by atoms with van der Waals surface area (Å²) in [5.41, 5.74) is 2.50. The van der Waals surface area contributed by atoms with Crippen LogP contribution in [-0.2, 0) is 11.3 Å². The molecule has 1 amide bonds. The average molecular weight is 364 g/mol. The summed E-state index contributed by atoms with van der Waals surface area (Å²) < 4.78 is 1.94. The van der Waals surface area contributed by atoms with Crippen molar-refractivity contribution in [3.8, 4) is 0 Å². The van der Waals surface area contributed by atoms with Gasteiger partial charge in [0.05, 0.1) is 6.04 Å². The first kappa shape index (κ1) is 17.0. The Hall–Kier alpha value is -2.14. The zero-order valence-electron chi connectivity index (χ0n) is 16.0. The quantitative estimate of drug-likeness (QED) is 0.838. The lowest BCUT2D eigenvalue weighted by atomic mass is 9.75. The third-order valence-corrected chi connectivity index (χ3v) is 7.01. The van der Waals surface area contributed by atoms with Gasteiger partial charge in [0, 0.05) is 43.4 Å². The second kappa shape index (κ2) is 6.79. The lowest BCUT2D eigenvalue weighted by Crippen LogP contribution is -2.60. The number of carbonyl (C=O) groups is 1. The molecule has 1 aromatic carbocycles. The molecule has 2 bridgehead atoms. The fourth-order valence-electron chi connectivity index (χ4n) is 5.68. The fourth-order valence-corrected chi connectivity index (χ4v) is 5.68. The molecule has 0 saturated carbocycles. The maximum atomic E-state index is 13.2. The summed E-state index contributed by atoms with van der Waals surface area (Å²) in [7, 11) is 0. The SMILES string of the molecule is Cc1ccnn1CCC(=O)N1C[C@H](c2ccccc2)[C@@H]2[C@H]1C1CCN2CC1. The van der Waals surface area contributed by atoms with Crippen LogP contribution in [0.1, 0.15) is 36.4 Å². The summed E-state index contributed by atoms with van der Waals surface area (Å²) >= 11 is 0. The van der Waals surface area contributed by atoms with E-state index in [-0.39, 0.29) is 0 Å². The van der Waals surface area contributed by atoms with Crippen LogP contribution in [0, 0.1) is 12.8 Å². The van der Waals surface area contributed by atoms with Gasteiger partial charge in [-0.1, -0.05) is 30.3 Å². The van der Waals surface area contributed by atoms with Gasteiger partial charge in [0.2, 0.25) is 5.91 Å². The number of aromatic nitrogens is 2. The highest BCUT2D eigenvalue weighted by Gasteiger charge is 2.54. The molecule has 4 aliphatic heterocycles. The number of rotatable bonds is 4. The molecule has 0 radical (unpaired) electrons. The number of carbonyl (C=O) groups excluding carboxylic acids is 1. The molecule has 4 fully saturated rings. The van der Waals surface area contributed by atoms with Crippen molar-refractivity contribution in [1.29, 1.82) is 0 Å². The van der Waals surface area contributed by atoms with Crippen molar-refractivity contribution in [3.63, 3.8) is 0 Å². The minimum atomic E-state index is 0.298. The summed E-state index contributed by atoms with van der Waals surface area (Å²) in [6.45, 7) is 5.98. The van der Waals surface area contributed by atoms with Crippen LogP contribution in [0.3, 0.4) is 0 Å². The molecular weight excluding hydrogens is 336 g/mol. The first-order chi connectivity index (χ1) is 13.2. The highest BCUT2D eigenvalue weighted by molar-refractivity contribution is 5.77. The summed E-state index contributed by atoms with van der Waals surface area (Å²) in [6.07, 6.45) is 4.83. The molecule has 5 nitrogen and oxygen atoms in total. The van der Waals surface area contributed by atoms with Crippen LogP contribution in [0.2, 0.25) is 0 Å². The van der Waals surface area contributed by atoms with Gasteiger partial charge in [0.1, 0.15) is 0 Å². The van der Waals surface area contributed by atoms with Crippen molar-refractivity contribution in [2.45, 2.75) is 50.7 Å². The van der Waals surface area contributed by atoms with Crippen molar-refractivity contribution in [3.05, 3.63) is 53.9 Å². The third-order valence-electron chi connectivity index (χ3n) is 7.01. The topological polar surface area (TPSA) is 41.4 Å². The fraction of sp³-hybridized carbons (Fsp3) is 0.545. The number of likely N-dealkylation sites (tertiary alicyclic amines) is 1. The Balaban J connectivity index is 1.39. The number of benzene rings is 1. The van der Waals surface area contributed by atoms with E-state index in [4.69, 9.17) is 0 Å². The Morgan fingerprint density at radius 2 is 1.89 bits per heavy atom. The lowest BCUT2D eigenvalue weighted by Gasteiger charge is -2.51. The smallest absolute Gasteiger partial charge is 0.224 e. The maximum absolute atomic E-state index is 13.2. The van der Waals surface area contributed by atoms with Gasteiger partial charge in [0.15, 0.2) is 0 Å². The largest absolute Gasteiger partial charge is 0.337 e. The first-order valence-electron chi connectivity index (χ1n) is 10.3. The third kappa shape index (κ3) is 2.89. The normalized spacial score (nSPS) is 31.9. The second-order valence-electron chi connectivity index (χ2n) is 8.36. The monoisotopic (exact) mass is 364 g/mol. The zero-order chi connectivity index (χ0) is 18.4. The van der Waals surface area contributed by atoms with Crippen LogP contribution in [0.5, 0.6) is 0 Å². The second-order valence-corrected chi connectivity index (χ2v) is 8.36. The molecule has 0 unspecified atom stereocenters. The van der Waals surface area contributed by atoms with Crippen molar-refractivity contribution in [2.24, 2.45) is 5.92 Å². The Morgan fingerprint density at radius 3 is 2.59 bits per heavy atom. The van der Waals surface area contributed by atoms with Crippen LogP contribution in [-0.4, -0.2) is 57.2 Å². The molecule has 4 aliphatic rings. The predicted octanol–water partition coefficient (Wildman–Crippen LogP) is 2.67. The number of hydrogen-bond acceptors (Lipinski definition) is 3. The zero-order valence-corrected chi connectivity index (χ0v) is 16.0. The van der Waals surface area contributed by atoms with Gasteiger partial charge < -0.3 is 4.90 Å². The average Bonchev–Trinajstić information content (AvgIpc) is 3.33. The van der Waals surface area contributed by atoms with E-state index in [0.717, 1.165) is 12.2 Å². The van der Waals surface area contributed by atoms with Crippen molar-refractivity contribution in [2.75, 3.05) is 19.6 Å². The van der Waals surface area contributed by atoms with E-state index in [1.165, 1.54) is 31.5 Å². The number of nitrogens with zero attached hydrogens (tertiary/aromatic N) is 4. The molecule has 5 heteroatoms. The van der Waals surface area contributed by atoms with E-state index in [1.54, 1.807) is 0 Å². The molecule has 4 saturated heterocycles. The summed E-state index contributed by atoms with van der Waals surface area (Å²) in [5, 5.41) is 4.33. The molecular formula is C22H28N4O. The van der Waals surface area contributed by atoms with Crippen LogP contribution >= 0.6 is 0 Å². The number of fused-ring (bicyclic) bond motifs is 2.